The minimum Gasteiger partial charge on any atom is -0.356 e. The molecule has 10 heteroatoms. The van der Waals surface area contributed by atoms with Crippen LogP contribution < -0.4 is 10.5 Å². The zero-order chi connectivity index (χ0) is 26.3. The topological polar surface area (TPSA) is 73.4 Å². The van der Waals surface area contributed by atoms with E-state index in [1.807, 2.05) is 17.8 Å². The molecular formula is C27H40BrN7O2. The van der Waals surface area contributed by atoms with E-state index in [4.69, 9.17) is 14.9 Å². The van der Waals surface area contributed by atoms with Crippen LogP contribution in [0.4, 0.5) is 5.82 Å². The van der Waals surface area contributed by atoms with Gasteiger partial charge in [0.1, 0.15) is 11.0 Å². The van der Waals surface area contributed by atoms with Crippen LogP contribution in [0.3, 0.4) is 0 Å². The number of halogens is 1. The maximum atomic E-state index is 12.7. The van der Waals surface area contributed by atoms with Gasteiger partial charge >= 0.3 is 0 Å². The Bertz CT molecular complexity index is 1290. The molecule has 4 atom stereocenters. The van der Waals surface area contributed by atoms with Crippen molar-refractivity contribution >= 4 is 32.8 Å². The number of nitrogens with zero attached hydrogens (tertiary/aromatic N) is 7. The van der Waals surface area contributed by atoms with Crippen LogP contribution in [0.5, 0.6) is 0 Å². The summed E-state index contributed by atoms with van der Waals surface area (Å²) in [5.74, 6) is 1.02. The number of piperazine rings is 1. The zero-order valence-electron chi connectivity index (χ0n) is 22.7. The maximum Gasteiger partial charge on any atom is 0.250 e. The molecule has 202 valence electrons. The Labute approximate surface area is 227 Å². The third-order valence-corrected chi connectivity index (χ3v) is 8.89. The Balaban J connectivity index is 1.56. The van der Waals surface area contributed by atoms with Gasteiger partial charge in [0.25, 0.3) is 5.56 Å². The van der Waals surface area contributed by atoms with Gasteiger partial charge in [0.15, 0.2) is 12.0 Å². The van der Waals surface area contributed by atoms with Gasteiger partial charge < -0.3 is 14.2 Å². The average Bonchev–Trinajstić information content (AvgIpc) is 3.51. The van der Waals surface area contributed by atoms with Gasteiger partial charge in [0.05, 0.1) is 16.2 Å². The molecular weight excluding hydrogens is 534 g/mol. The Kier molecular flexibility index (Phi) is 7.79. The van der Waals surface area contributed by atoms with Gasteiger partial charge in [-0.2, -0.15) is 10.2 Å². The highest BCUT2D eigenvalue weighted by Gasteiger charge is 2.39. The Hall–Kier alpha value is -2.17. The second-order valence-electron chi connectivity index (χ2n) is 10.4. The smallest absolute Gasteiger partial charge is 0.250 e. The number of aryl methyl sites for hydroxylation is 2. The molecule has 3 aromatic rings. The summed E-state index contributed by atoms with van der Waals surface area (Å²) < 4.78 is 13.1. The van der Waals surface area contributed by atoms with Crippen LogP contribution in [0.25, 0.3) is 11.0 Å². The summed E-state index contributed by atoms with van der Waals surface area (Å²) in [6.45, 7) is 12.3. The van der Waals surface area contributed by atoms with Crippen LogP contribution in [0.2, 0.25) is 0 Å². The zero-order valence-corrected chi connectivity index (χ0v) is 24.3. The summed E-state index contributed by atoms with van der Waals surface area (Å²) in [6.07, 6.45) is 7.13. The quantitative estimate of drug-likeness (QED) is 0.402. The first-order chi connectivity index (χ1) is 17.9. The Morgan fingerprint density at radius 1 is 1.11 bits per heavy atom. The molecule has 2 unspecified atom stereocenters. The minimum atomic E-state index is -0.102. The van der Waals surface area contributed by atoms with E-state index in [1.165, 1.54) is 0 Å². The second kappa shape index (κ2) is 10.9. The van der Waals surface area contributed by atoms with Crippen molar-refractivity contribution in [3.8, 4) is 0 Å². The molecule has 0 spiro atoms. The number of aromatic nitrogens is 5. The molecule has 9 nitrogen and oxygen atoms in total. The standard InChI is InChI=1S/C27H40BrN7O2/c1-6-19-16-34(20(7-2)15-33(19)18(4)25-21(28)17-32(8-3)30-25)27-26-22(12-13-23(36)31(26)5)29-35(27)24-11-9-10-14-37-24/h12-13,17-20,24H,6-11,14-16H2,1-5H3/t18?,19-,20+,24?/m1/s1. The molecule has 0 aliphatic carbocycles. The molecule has 0 radical (unpaired) electrons. The minimum absolute atomic E-state index is 0.0124. The lowest BCUT2D eigenvalue weighted by Crippen LogP contribution is -2.59. The predicted molar refractivity (Wildman–Crippen MR) is 150 cm³/mol. The number of pyridine rings is 1. The fraction of sp³-hybridized carbons (Fsp3) is 0.667. The van der Waals surface area contributed by atoms with Crippen LogP contribution in [0, 0.1) is 0 Å². The van der Waals surface area contributed by atoms with Crippen molar-refractivity contribution in [1.29, 1.82) is 0 Å². The first-order valence-electron chi connectivity index (χ1n) is 13.8. The van der Waals surface area contributed by atoms with Crippen LogP contribution in [0.1, 0.15) is 77.8 Å². The van der Waals surface area contributed by atoms with E-state index >= 15 is 0 Å². The summed E-state index contributed by atoms with van der Waals surface area (Å²) >= 11 is 3.76. The van der Waals surface area contributed by atoms with Gasteiger partial charge in [0, 0.05) is 57.6 Å². The number of ether oxygens (including phenoxy) is 1. The van der Waals surface area contributed by atoms with E-state index in [2.05, 4.69) is 64.3 Å². The molecule has 2 aliphatic rings. The highest BCUT2D eigenvalue weighted by atomic mass is 79.9. The molecule has 0 saturated carbocycles. The number of hydrogen-bond donors (Lipinski definition) is 0. The molecule has 37 heavy (non-hydrogen) atoms. The van der Waals surface area contributed by atoms with E-state index in [0.717, 1.165) is 85.4 Å². The molecule has 2 aliphatic heterocycles. The largest absolute Gasteiger partial charge is 0.356 e. The monoisotopic (exact) mass is 573 g/mol. The average molecular weight is 575 g/mol. The van der Waals surface area contributed by atoms with Crippen molar-refractivity contribution in [2.75, 3.05) is 24.6 Å². The maximum absolute atomic E-state index is 12.7. The summed E-state index contributed by atoms with van der Waals surface area (Å²) in [7, 11) is 1.86. The molecule has 5 rings (SSSR count). The van der Waals surface area contributed by atoms with Crippen molar-refractivity contribution in [1.82, 2.24) is 29.0 Å². The van der Waals surface area contributed by atoms with Crippen LogP contribution >= 0.6 is 15.9 Å². The predicted octanol–water partition coefficient (Wildman–Crippen LogP) is 4.85. The number of hydrogen-bond acceptors (Lipinski definition) is 6. The van der Waals surface area contributed by atoms with Crippen LogP contribution in [-0.2, 0) is 18.3 Å². The molecule has 3 aromatic heterocycles. The van der Waals surface area contributed by atoms with Gasteiger partial charge in [-0.15, -0.1) is 0 Å². The van der Waals surface area contributed by atoms with Gasteiger partial charge in [-0.3, -0.25) is 14.4 Å². The summed E-state index contributed by atoms with van der Waals surface area (Å²) in [4.78, 5) is 17.9. The highest BCUT2D eigenvalue weighted by Crippen LogP contribution is 2.38. The molecule has 2 fully saturated rings. The second-order valence-corrected chi connectivity index (χ2v) is 11.3. The lowest BCUT2D eigenvalue weighted by Gasteiger charge is -2.49. The normalized spacial score (nSPS) is 24.2. The summed E-state index contributed by atoms with van der Waals surface area (Å²) in [5.41, 5.74) is 2.83. The van der Waals surface area contributed by atoms with E-state index in [9.17, 15) is 4.79 Å². The SMILES string of the molecule is CC[C@H]1CN(C(C)c2nn(CC)cc2Br)[C@H](CC)CN1c1c2c(ccc(=O)n2C)nn1C1CCCCO1. The first-order valence-corrected chi connectivity index (χ1v) is 14.6. The highest BCUT2D eigenvalue weighted by molar-refractivity contribution is 9.10. The number of fused-ring (bicyclic) bond motifs is 1. The van der Waals surface area contributed by atoms with Gasteiger partial charge in [0.2, 0.25) is 0 Å². The molecule has 0 amide bonds. The van der Waals surface area contributed by atoms with Crippen molar-refractivity contribution in [3.05, 3.63) is 38.9 Å². The molecule has 0 aromatic carbocycles. The van der Waals surface area contributed by atoms with Crippen LogP contribution in [0.15, 0.2) is 27.6 Å². The van der Waals surface area contributed by atoms with Gasteiger partial charge in [-0.1, -0.05) is 13.8 Å². The molecule has 0 N–H and O–H groups in total. The third kappa shape index (κ3) is 4.76. The molecule has 0 bridgehead atoms. The molecule has 5 heterocycles. The third-order valence-electron chi connectivity index (χ3n) is 8.28. The van der Waals surface area contributed by atoms with Crippen molar-refractivity contribution in [2.24, 2.45) is 7.05 Å². The van der Waals surface area contributed by atoms with Crippen LogP contribution in [-0.4, -0.2) is 60.8 Å². The van der Waals surface area contributed by atoms with E-state index in [-0.39, 0.29) is 23.9 Å². The molecule has 2 saturated heterocycles. The van der Waals surface area contributed by atoms with Gasteiger partial charge in [-0.25, -0.2) is 4.68 Å². The van der Waals surface area contributed by atoms with Crippen molar-refractivity contribution in [3.63, 3.8) is 0 Å². The lowest BCUT2D eigenvalue weighted by atomic mass is 9.99. The van der Waals surface area contributed by atoms with Crippen molar-refractivity contribution in [2.45, 2.75) is 90.7 Å². The lowest BCUT2D eigenvalue weighted by molar-refractivity contribution is -0.0387. The first kappa shape index (κ1) is 26.4. The van der Waals surface area contributed by atoms with Gasteiger partial charge in [-0.05, 0) is 67.9 Å². The number of rotatable bonds is 7. The fourth-order valence-electron chi connectivity index (χ4n) is 6.06. The Morgan fingerprint density at radius 2 is 1.89 bits per heavy atom. The fourth-order valence-corrected chi connectivity index (χ4v) is 6.71. The summed E-state index contributed by atoms with van der Waals surface area (Å²) in [6, 6.07) is 4.27. The van der Waals surface area contributed by atoms with E-state index < -0.39 is 0 Å². The van der Waals surface area contributed by atoms with E-state index in [1.54, 1.807) is 10.6 Å². The van der Waals surface area contributed by atoms with E-state index in [0.29, 0.717) is 6.04 Å². The number of anilines is 1. The summed E-state index contributed by atoms with van der Waals surface area (Å²) in [5, 5.41) is 9.89. The Morgan fingerprint density at radius 3 is 2.54 bits per heavy atom. The van der Waals surface area contributed by atoms with Crippen molar-refractivity contribution < 1.29 is 4.74 Å².